The molecule has 0 aliphatic rings. The molecule has 0 bridgehead atoms. The van der Waals surface area contributed by atoms with Gasteiger partial charge in [-0.3, -0.25) is 14.2 Å². The van der Waals surface area contributed by atoms with Crippen LogP contribution in [0.5, 0.6) is 0 Å². The Morgan fingerprint density at radius 3 is 3.00 bits per heavy atom. The van der Waals surface area contributed by atoms with Crippen LogP contribution in [0, 0.1) is 0 Å². The minimum atomic E-state index is -0.124. The number of rotatable bonds is 2. The van der Waals surface area contributed by atoms with Crippen LogP contribution < -0.4 is 10.9 Å². The van der Waals surface area contributed by atoms with Gasteiger partial charge in [0.1, 0.15) is 17.0 Å². The van der Waals surface area contributed by atoms with Crippen molar-refractivity contribution < 1.29 is 0 Å². The zero-order valence-corrected chi connectivity index (χ0v) is 9.14. The third-order valence-electron chi connectivity index (χ3n) is 2.26. The fourth-order valence-electron chi connectivity index (χ4n) is 1.54. The third kappa shape index (κ3) is 1.56. The number of nitrogens with zero attached hydrogens (tertiary/aromatic N) is 3. The number of aliphatic imine (C=N–C) groups is 1. The topological polar surface area (TPSA) is 58.8 Å². The van der Waals surface area contributed by atoms with Crippen molar-refractivity contribution in [3.8, 4) is 0 Å². The number of nitrogens with one attached hydrogen (secondary N) is 1. The smallest absolute Gasteiger partial charge is 0.268 e. The van der Waals surface area contributed by atoms with E-state index in [0.29, 0.717) is 17.0 Å². The summed E-state index contributed by atoms with van der Waals surface area (Å²) in [6, 6.07) is 5.42. The Balaban J connectivity index is 2.88. The van der Waals surface area contributed by atoms with Gasteiger partial charge in [-0.05, 0) is 12.1 Å². The van der Waals surface area contributed by atoms with E-state index in [1.165, 1.54) is 10.6 Å². The van der Waals surface area contributed by atoms with Gasteiger partial charge in [-0.15, -0.1) is 0 Å². The molecule has 0 saturated heterocycles. The number of hydrogen-bond acceptors (Lipinski definition) is 4. The summed E-state index contributed by atoms with van der Waals surface area (Å²) in [7, 11) is 3.35. The molecule has 0 atom stereocenters. The van der Waals surface area contributed by atoms with E-state index in [1.54, 1.807) is 32.4 Å². The van der Waals surface area contributed by atoms with Crippen LogP contribution in [0.15, 0.2) is 34.2 Å². The number of pyridine rings is 1. The third-order valence-corrected chi connectivity index (χ3v) is 2.26. The Labute approximate surface area is 92.5 Å². The molecule has 5 nitrogen and oxygen atoms in total. The lowest BCUT2D eigenvalue weighted by Gasteiger charge is -2.06. The first-order valence-electron chi connectivity index (χ1n) is 4.89. The summed E-state index contributed by atoms with van der Waals surface area (Å²) in [5.41, 5.74) is 0.958. The highest BCUT2D eigenvalue weighted by molar-refractivity contribution is 5.86. The standard InChI is InChI=1S/C11H12N4O/c1-12-7-8-10(13-2)14-9-5-3-4-6-15(9)11(8)16/h3-7,13H,1-2H3. The summed E-state index contributed by atoms with van der Waals surface area (Å²) in [5.74, 6) is 0.543. The molecule has 2 heterocycles. The molecule has 82 valence electrons. The second-order valence-corrected chi connectivity index (χ2v) is 3.25. The molecular weight excluding hydrogens is 204 g/mol. The monoisotopic (exact) mass is 216 g/mol. The van der Waals surface area contributed by atoms with Gasteiger partial charge >= 0.3 is 0 Å². The molecule has 0 amide bonds. The van der Waals surface area contributed by atoms with Gasteiger partial charge in [0.25, 0.3) is 5.56 Å². The number of anilines is 1. The highest BCUT2D eigenvalue weighted by Gasteiger charge is 2.08. The summed E-state index contributed by atoms with van der Waals surface area (Å²) in [5, 5.41) is 2.90. The van der Waals surface area contributed by atoms with Crippen LogP contribution in [0.1, 0.15) is 5.56 Å². The molecule has 1 N–H and O–H groups in total. The fourth-order valence-corrected chi connectivity index (χ4v) is 1.54. The molecule has 5 heteroatoms. The quantitative estimate of drug-likeness (QED) is 0.755. The van der Waals surface area contributed by atoms with E-state index in [9.17, 15) is 4.79 Å². The second-order valence-electron chi connectivity index (χ2n) is 3.25. The SMILES string of the molecule is CN=Cc1c(NC)nc2ccccn2c1=O. The van der Waals surface area contributed by atoms with Crippen molar-refractivity contribution in [1.82, 2.24) is 9.38 Å². The molecule has 2 aromatic rings. The molecule has 0 radical (unpaired) electrons. The molecule has 0 saturated carbocycles. The lowest BCUT2D eigenvalue weighted by atomic mass is 10.3. The molecule has 0 fully saturated rings. The average molecular weight is 216 g/mol. The van der Waals surface area contributed by atoms with Crippen LogP contribution in [0.4, 0.5) is 5.82 Å². The Hall–Kier alpha value is -2.17. The lowest BCUT2D eigenvalue weighted by molar-refractivity contribution is 1.04. The van der Waals surface area contributed by atoms with Crippen LogP contribution in [0.25, 0.3) is 5.65 Å². The molecule has 0 spiro atoms. The summed E-state index contributed by atoms with van der Waals surface area (Å²) in [6.07, 6.45) is 3.21. The zero-order chi connectivity index (χ0) is 11.5. The lowest BCUT2D eigenvalue weighted by Crippen LogP contribution is -2.21. The van der Waals surface area contributed by atoms with E-state index in [1.807, 2.05) is 6.07 Å². The first kappa shape index (κ1) is 10.4. The Bertz CT molecular complexity index is 600. The molecular formula is C11H12N4O. The normalized spacial score (nSPS) is 11.1. The highest BCUT2D eigenvalue weighted by atomic mass is 16.1. The van der Waals surface area contributed by atoms with Gasteiger partial charge in [-0.2, -0.15) is 0 Å². The van der Waals surface area contributed by atoms with Crippen molar-refractivity contribution >= 4 is 17.7 Å². The number of fused-ring (bicyclic) bond motifs is 1. The van der Waals surface area contributed by atoms with Crippen LogP contribution in [0.2, 0.25) is 0 Å². The number of hydrogen-bond donors (Lipinski definition) is 1. The van der Waals surface area contributed by atoms with Gasteiger partial charge in [0.05, 0.1) is 0 Å². The minimum absolute atomic E-state index is 0.124. The van der Waals surface area contributed by atoms with Gasteiger partial charge < -0.3 is 5.32 Å². The van der Waals surface area contributed by atoms with Gasteiger partial charge in [0.15, 0.2) is 0 Å². The van der Waals surface area contributed by atoms with Crippen LogP contribution in [0.3, 0.4) is 0 Å². The first-order chi connectivity index (χ1) is 7.77. The van der Waals surface area contributed by atoms with Crippen molar-refractivity contribution in [2.24, 2.45) is 4.99 Å². The second kappa shape index (κ2) is 4.14. The maximum atomic E-state index is 12.1. The van der Waals surface area contributed by atoms with E-state index >= 15 is 0 Å². The minimum Gasteiger partial charge on any atom is -0.372 e. The van der Waals surface area contributed by atoms with E-state index in [-0.39, 0.29) is 5.56 Å². The maximum Gasteiger partial charge on any atom is 0.268 e. The van der Waals surface area contributed by atoms with Gasteiger partial charge in [-0.25, -0.2) is 4.98 Å². The van der Waals surface area contributed by atoms with Gasteiger partial charge in [0, 0.05) is 26.5 Å². The molecule has 16 heavy (non-hydrogen) atoms. The van der Waals surface area contributed by atoms with Crippen LogP contribution >= 0.6 is 0 Å². The summed E-state index contributed by atoms with van der Waals surface area (Å²) in [4.78, 5) is 20.3. The molecule has 0 unspecified atom stereocenters. The van der Waals surface area contributed by atoms with E-state index < -0.39 is 0 Å². The van der Waals surface area contributed by atoms with Crippen LogP contribution in [-0.4, -0.2) is 29.7 Å². The Morgan fingerprint density at radius 2 is 2.31 bits per heavy atom. The zero-order valence-electron chi connectivity index (χ0n) is 9.14. The molecule has 0 aliphatic heterocycles. The van der Waals surface area contributed by atoms with Crippen molar-refractivity contribution in [2.75, 3.05) is 19.4 Å². The van der Waals surface area contributed by atoms with E-state index in [4.69, 9.17) is 0 Å². The van der Waals surface area contributed by atoms with Gasteiger partial charge in [-0.1, -0.05) is 6.07 Å². The molecule has 2 aromatic heterocycles. The Kier molecular flexibility index (Phi) is 2.68. The molecule has 2 rings (SSSR count). The molecule has 0 aromatic carbocycles. The Morgan fingerprint density at radius 1 is 1.50 bits per heavy atom. The van der Waals surface area contributed by atoms with Crippen molar-refractivity contribution in [3.05, 3.63) is 40.3 Å². The van der Waals surface area contributed by atoms with Crippen LogP contribution in [-0.2, 0) is 0 Å². The number of aromatic nitrogens is 2. The van der Waals surface area contributed by atoms with Crippen molar-refractivity contribution in [1.29, 1.82) is 0 Å². The van der Waals surface area contributed by atoms with Crippen molar-refractivity contribution in [3.63, 3.8) is 0 Å². The van der Waals surface area contributed by atoms with Gasteiger partial charge in [0.2, 0.25) is 0 Å². The van der Waals surface area contributed by atoms with Crippen molar-refractivity contribution in [2.45, 2.75) is 0 Å². The predicted molar refractivity (Wildman–Crippen MR) is 64.5 cm³/mol. The van der Waals surface area contributed by atoms with E-state index in [0.717, 1.165) is 0 Å². The first-order valence-corrected chi connectivity index (χ1v) is 4.89. The summed E-state index contributed by atoms with van der Waals surface area (Å²) in [6.45, 7) is 0. The average Bonchev–Trinajstić information content (AvgIpc) is 2.33. The predicted octanol–water partition coefficient (Wildman–Crippen LogP) is 0.785. The molecule has 0 aliphatic carbocycles. The fraction of sp³-hybridized carbons (Fsp3) is 0.182. The maximum absolute atomic E-state index is 12.1. The van der Waals surface area contributed by atoms with E-state index in [2.05, 4.69) is 15.3 Å². The summed E-state index contributed by atoms with van der Waals surface area (Å²) >= 11 is 0. The largest absolute Gasteiger partial charge is 0.372 e. The highest BCUT2D eigenvalue weighted by Crippen LogP contribution is 2.07. The summed E-state index contributed by atoms with van der Waals surface area (Å²) < 4.78 is 1.50.